The zero-order valence-electron chi connectivity index (χ0n) is 8.80. The van der Waals surface area contributed by atoms with E-state index in [4.69, 9.17) is 11.6 Å². The summed E-state index contributed by atoms with van der Waals surface area (Å²) in [5.74, 6) is 0.741. The van der Waals surface area contributed by atoms with Crippen LogP contribution >= 0.6 is 11.6 Å². The largest absolute Gasteiger partial charge is 0.229 e. The van der Waals surface area contributed by atoms with Crippen molar-refractivity contribution in [3.8, 4) is 0 Å². The Morgan fingerprint density at radius 3 is 2.08 bits per heavy atom. The van der Waals surface area contributed by atoms with E-state index < -0.39 is 9.84 Å². The lowest BCUT2D eigenvalue weighted by Gasteiger charge is -2.21. The summed E-state index contributed by atoms with van der Waals surface area (Å²) in [4.78, 5) is 0. The quantitative estimate of drug-likeness (QED) is 0.675. The van der Waals surface area contributed by atoms with Gasteiger partial charge >= 0.3 is 0 Å². The maximum atomic E-state index is 11.4. The lowest BCUT2D eigenvalue weighted by molar-refractivity contribution is 0.403. The van der Waals surface area contributed by atoms with Crippen LogP contribution in [0.2, 0.25) is 0 Å². The van der Waals surface area contributed by atoms with Gasteiger partial charge in [-0.05, 0) is 25.7 Å². The van der Waals surface area contributed by atoms with Gasteiger partial charge in [0.25, 0.3) is 0 Å². The third kappa shape index (κ3) is 4.87. The van der Waals surface area contributed by atoms with Gasteiger partial charge in [-0.15, -0.1) is 11.6 Å². The van der Waals surface area contributed by atoms with Crippen molar-refractivity contribution in [3.05, 3.63) is 0 Å². The van der Waals surface area contributed by atoms with Gasteiger partial charge in [-0.3, -0.25) is 0 Å². The molecule has 0 amide bonds. The summed E-state index contributed by atoms with van der Waals surface area (Å²) in [5, 5.41) is -0.279. The van der Waals surface area contributed by atoms with E-state index in [1.165, 1.54) is 0 Å². The van der Waals surface area contributed by atoms with Crippen molar-refractivity contribution in [1.82, 2.24) is 0 Å². The zero-order chi connectivity index (χ0) is 10.7. The highest BCUT2D eigenvalue weighted by atomic mass is 35.5. The molecule has 0 N–H and O–H groups in total. The van der Waals surface area contributed by atoms with E-state index in [1.807, 2.05) is 13.8 Å². The fourth-order valence-corrected chi connectivity index (χ4v) is 2.16. The van der Waals surface area contributed by atoms with Crippen molar-refractivity contribution >= 4 is 21.4 Å². The monoisotopic (exact) mass is 226 g/mol. The molecule has 80 valence electrons. The minimum atomic E-state index is -2.90. The van der Waals surface area contributed by atoms with Crippen molar-refractivity contribution in [2.24, 2.45) is 5.41 Å². The van der Waals surface area contributed by atoms with Gasteiger partial charge < -0.3 is 0 Å². The molecule has 13 heavy (non-hydrogen) atoms. The van der Waals surface area contributed by atoms with Crippen LogP contribution in [0.3, 0.4) is 0 Å². The normalized spacial score (nSPS) is 13.7. The Labute approximate surface area is 86.6 Å². The van der Waals surface area contributed by atoms with Crippen LogP contribution in [-0.2, 0) is 9.84 Å². The van der Waals surface area contributed by atoms with E-state index in [9.17, 15) is 8.42 Å². The Bertz CT molecular complexity index is 242. The third-order valence-corrected chi connectivity index (χ3v) is 5.08. The van der Waals surface area contributed by atoms with Gasteiger partial charge in [-0.25, -0.2) is 8.42 Å². The molecule has 0 aliphatic carbocycles. The first kappa shape index (κ1) is 13.2. The average Bonchev–Trinajstić information content (AvgIpc) is 2.01. The molecular formula is C9H19ClO2S. The molecule has 0 spiro atoms. The first-order chi connectivity index (χ1) is 5.71. The summed E-state index contributed by atoms with van der Waals surface area (Å²) in [6.45, 7) is 7.39. The number of rotatable bonds is 5. The number of sulfone groups is 1. The molecule has 0 aromatic rings. The van der Waals surface area contributed by atoms with Crippen molar-refractivity contribution in [2.75, 3.05) is 11.6 Å². The van der Waals surface area contributed by atoms with Crippen LogP contribution in [0.25, 0.3) is 0 Å². The molecule has 0 aromatic carbocycles. The Morgan fingerprint density at radius 2 is 1.77 bits per heavy atom. The summed E-state index contributed by atoms with van der Waals surface area (Å²) in [7, 11) is -2.90. The lowest BCUT2D eigenvalue weighted by Crippen LogP contribution is -2.23. The van der Waals surface area contributed by atoms with Crippen LogP contribution in [0.1, 0.15) is 34.1 Å². The van der Waals surface area contributed by atoms with Gasteiger partial charge in [-0.2, -0.15) is 0 Å². The summed E-state index contributed by atoms with van der Waals surface area (Å²) in [6, 6.07) is 0. The minimum absolute atomic E-state index is 0.0798. The van der Waals surface area contributed by atoms with Crippen LogP contribution in [0.5, 0.6) is 0 Å². The molecule has 0 aliphatic rings. The Hall–Kier alpha value is 0.240. The molecule has 0 bridgehead atoms. The first-order valence-corrected chi connectivity index (χ1v) is 6.74. The second-order valence-corrected chi connectivity index (χ2v) is 7.41. The molecule has 0 saturated carbocycles. The van der Waals surface area contributed by atoms with Gasteiger partial charge in [0.2, 0.25) is 0 Å². The topological polar surface area (TPSA) is 34.1 Å². The van der Waals surface area contributed by atoms with Crippen LogP contribution < -0.4 is 0 Å². The standard InChI is InChI=1S/C9H19ClO2S/c1-8(2)13(11,12)6-5-9(3,4)7-10/h8H,5-7H2,1-4H3. The number of hydrogen-bond donors (Lipinski definition) is 0. The van der Waals surface area contributed by atoms with E-state index >= 15 is 0 Å². The van der Waals surface area contributed by atoms with Gasteiger partial charge in [0.15, 0.2) is 9.84 Å². The maximum absolute atomic E-state index is 11.4. The summed E-state index contributed by atoms with van der Waals surface area (Å²) in [5.41, 5.74) is -0.0798. The third-order valence-electron chi connectivity index (χ3n) is 2.14. The van der Waals surface area contributed by atoms with Gasteiger partial charge in [-0.1, -0.05) is 13.8 Å². The molecule has 4 heteroatoms. The summed E-state index contributed by atoms with van der Waals surface area (Å²) >= 11 is 5.71. The molecule has 0 radical (unpaired) electrons. The molecule has 0 heterocycles. The fourth-order valence-electron chi connectivity index (χ4n) is 0.721. The predicted octanol–water partition coefficient (Wildman–Crippen LogP) is 2.46. The Balaban J connectivity index is 4.19. The molecular weight excluding hydrogens is 208 g/mol. The van der Waals surface area contributed by atoms with E-state index in [-0.39, 0.29) is 16.4 Å². The molecule has 0 fully saturated rings. The van der Waals surface area contributed by atoms with Crippen molar-refractivity contribution < 1.29 is 8.42 Å². The SMILES string of the molecule is CC(C)S(=O)(=O)CCC(C)(C)CCl. The number of alkyl halides is 1. The average molecular weight is 227 g/mol. The second-order valence-electron chi connectivity index (χ2n) is 4.46. The van der Waals surface area contributed by atoms with Crippen molar-refractivity contribution in [2.45, 2.75) is 39.4 Å². The van der Waals surface area contributed by atoms with Gasteiger partial charge in [0.1, 0.15) is 0 Å². The van der Waals surface area contributed by atoms with Gasteiger partial charge in [0.05, 0.1) is 11.0 Å². The number of halogens is 1. The molecule has 0 unspecified atom stereocenters. The van der Waals surface area contributed by atoms with E-state index in [0.717, 1.165) is 0 Å². The van der Waals surface area contributed by atoms with E-state index in [2.05, 4.69) is 0 Å². The molecule has 2 nitrogen and oxygen atoms in total. The van der Waals surface area contributed by atoms with Crippen LogP contribution in [0.15, 0.2) is 0 Å². The fraction of sp³-hybridized carbons (Fsp3) is 1.00. The highest BCUT2D eigenvalue weighted by Crippen LogP contribution is 2.23. The first-order valence-electron chi connectivity index (χ1n) is 4.49. The molecule has 0 rings (SSSR count). The second kappa shape index (κ2) is 4.65. The van der Waals surface area contributed by atoms with Crippen molar-refractivity contribution in [1.29, 1.82) is 0 Å². The van der Waals surface area contributed by atoms with Crippen LogP contribution in [0.4, 0.5) is 0 Å². The van der Waals surface area contributed by atoms with Crippen molar-refractivity contribution in [3.63, 3.8) is 0 Å². The smallest absolute Gasteiger partial charge is 0.152 e. The molecule has 0 atom stereocenters. The lowest BCUT2D eigenvalue weighted by atomic mass is 9.93. The van der Waals surface area contributed by atoms with Crippen LogP contribution in [0, 0.1) is 5.41 Å². The van der Waals surface area contributed by atoms with Crippen LogP contribution in [-0.4, -0.2) is 25.3 Å². The highest BCUT2D eigenvalue weighted by Gasteiger charge is 2.22. The minimum Gasteiger partial charge on any atom is -0.229 e. The summed E-state index contributed by atoms with van der Waals surface area (Å²) < 4.78 is 22.9. The van der Waals surface area contributed by atoms with E-state index in [1.54, 1.807) is 13.8 Å². The molecule has 0 aliphatic heterocycles. The summed E-state index contributed by atoms with van der Waals surface area (Å²) in [6.07, 6.45) is 0.636. The Kier molecular flexibility index (Phi) is 4.73. The van der Waals surface area contributed by atoms with Gasteiger partial charge in [0, 0.05) is 5.88 Å². The predicted molar refractivity (Wildman–Crippen MR) is 58.0 cm³/mol. The highest BCUT2D eigenvalue weighted by molar-refractivity contribution is 7.91. The molecule has 0 aromatic heterocycles. The zero-order valence-corrected chi connectivity index (χ0v) is 10.4. The molecule has 0 saturated heterocycles. The maximum Gasteiger partial charge on any atom is 0.152 e. The number of hydrogen-bond acceptors (Lipinski definition) is 2. The van der Waals surface area contributed by atoms with E-state index in [0.29, 0.717) is 12.3 Å². The Morgan fingerprint density at radius 1 is 1.31 bits per heavy atom.